The molecule has 0 bridgehead atoms. The summed E-state index contributed by atoms with van der Waals surface area (Å²) in [5.41, 5.74) is 0.832. The smallest absolute Gasteiger partial charge is 0.837 e. The fourth-order valence-electron chi connectivity index (χ4n) is 1.35. The van der Waals surface area contributed by atoms with E-state index in [0.717, 1.165) is 18.7 Å². The molecular weight excluding hydrogens is 195 g/mol. The van der Waals surface area contributed by atoms with Gasteiger partial charge >= 0.3 is 18.9 Å². The van der Waals surface area contributed by atoms with Crippen molar-refractivity contribution in [2.24, 2.45) is 0 Å². The molecule has 0 saturated carbocycles. The van der Waals surface area contributed by atoms with Gasteiger partial charge in [-0.1, -0.05) is 30.3 Å². The predicted octanol–water partition coefficient (Wildman–Crippen LogP) is -2.46. The number of rotatable bonds is 5. The average molecular weight is 214 g/mol. The molecule has 84 valence electrons. The molecule has 0 radical (unpaired) electrons. The Morgan fingerprint density at radius 1 is 1.06 bits per heavy atom. The third-order valence-electron chi connectivity index (χ3n) is 2.38. The molecule has 0 aliphatic heterocycles. The Kier molecular flexibility index (Phi) is 7.74. The second-order valence-corrected chi connectivity index (χ2v) is 4.05. The largest absolute Gasteiger partial charge is 1.00 e. The topological polar surface area (TPSA) is 29.5 Å². The summed E-state index contributed by atoms with van der Waals surface area (Å²) in [7, 11) is 5.89. The molecule has 0 spiro atoms. The van der Waals surface area contributed by atoms with Gasteiger partial charge < -0.3 is 14.9 Å². The van der Waals surface area contributed by atoms with E-state index in [0.29, 0.717) is 0 Å². The minimum atomic E-state index is -0.758. The van der Waals surface area contributed by atoms with Crippen molar-refractivity contribution >= 4 is 0 Å². The van der Waals surface area contributed by atoms with Gasteiger partial charge in [-0.15, -0.1) is 0 Å². The Morgan fingerprint density at radius 3 is 2.12 bits per heavy atom. The third kappa shape index (κ3) is 5.16. The van der Waals surface area contributed by atoms with Crippen LogP contribution in [0.3, 0.4) is 0 Å². The zero-order valence-corrected chi connectivity index (χ0v) is 10.7. The van der Waals surface area contributed by atoms with Crippen molar-refractivity contribution in [3.05, 3.63) is 35.9 Å². The molecular formula is C12H19LiN2O. The molecule has 1 atom stereocenters. The van der Waals surface area contributed by atoms with Crippen molar-refractivity contribution in [1.29, 1.82) is 0 Å². The normalized spacial score (nSPS) is 12.6. The molecule has 0 amide bonds. The predicted molar refractivity (Wildman–Crippen MR) is 60.4 cm³/mol. The van der Waals surface area contributed by atoms with Crippen LogP contribution in [-0.2, 0) is 0 Å². The zero-order chi connectivity index (χ0) is 11.3. The van der Waals surface area contributed by atoms with Gasteiger partial charge in [0.05, 0.1) is 0 Å². The molecule has 1 unspecified atom stereocenters. The van der Waals surface area contributed by atoms with Crippen molar-refractivity contribution in [2.45, 2.75) is 6.23 Å². The Hall–Kier alpha value is -0.303. The van der Waals surface area contributed by atoms with Gasteiger partial charge in [0, 0.05) is 13.1 Å². The summed E-state index contributed by atoms with van der Waals surface area (Å²) in [6, 6.07) is 9.49. The van der Waals surface area contributed by atoms with Crippen molar-refractivity contribution in [2.75, 3.05) is 34.2 Å². The second-order valence-electron chi connectivity index (χ2n) is 4.05. The Morgan fingerprint density at radius 2 is 1.62 bits per heavy atom. The molecule has 3 nitrogen and oxygen atoms in total. The molecule has 0 fully saturated rings. The molecule has 0 heterocycles. The first kappa shape index (κ1) is 15.7. The van der Waals surface area contributed by atoms with Gasteiger partial charge in [0.2, 0.25) is 0 Å². The fourth-order valence-corrected chi connectivity index (χ4v) is 1.35. The van der Waals surface area contributed by atoms with Gasteiger partial charge in [-0.3, -0.25) is 0 Å². The van der Waals surface area contributed by atoms with Gasteiger partial charge in [0.1, 0.15) is 0 Å². The van der Waals surface area contributed by atoms with E-state index in [2.05, 4.69) is 4.90 Å². The van der Waals surface area contributed by atoms with Crippen LogP contribution in [0.2, 0.25) is 0 Å². The van der Waals surface area contributed by atoms with E-state index >= 15 is 0 Å². The number of hydrogen-bond acceptors (Lipinski definition) is 3. The van der Waals surface area contributed by atoms with Crippen LogP contribution in [0.25, 0.3) is 0 Å². The number of benzene rings is 1. The molecule has 0 aliphatic rings. The molecule has 16 heavy (non-hydrogen) atoms. The Labute approximate surface area is 110 Å². The number of hydrogen-bond donors (Lipinski definition) is 0. The van der Waals surface area contributed by atoms with E-state index in [1.165, 1.54) is 0 Å². The summed E-state index contributed by atoms with van der Waals surface area (Å²) >= 11 is 0. The Balaban J connectivity index is 0.00000225. The summed E-state index contributed by atoms with van der Waals surface area (Å²) < 4.78 is 0. The molecule has 1 aromatic rings. The van der Waals surface area contributed by atoms with E-state index in [1.54, 1.807) is 0 Å². The molecule has 0 aromatic heterocycles. The van der Waals surface area contributed by atoms with E-state index in [4.69, 9.17) is 0 Å². The number of likely N-dealkylation sites (N-methyl/N-ethyl adjacent to an activating group) is 2. The van der Waals surface area contributed by atoms with Gasteiger partial charge in [-0.25, -0.2) is 0 Å². The summed E-state index contributed by atoms with van der Waals surface area (Å²) in [5, 5.41) is 11.9. The molecule has 1 aromatic carbocycles. The molecule has 1 rings (SSSR count). The van der Waals surface area contributed by atoms with E-state index in [9.17, 15) is 5.11 Å². The molecule has 4 heteroatoms. The summed E-state index contributed by atoms with van der Waals surface area (Å²) in [6.45, 7) is 1.69. The quantitative estimate of drug-likeness (QED) is 0.402. The second kappa shape index (κ2) is 7.89. The number of nitrogens with zero attached hydrogens (tertiary/aromatic N) is 2. The van der Waals surface area contributed by atoms with Crippen LogP contribution in [0.15, 0.2) is 30.3 Å². The fraction of sp³-hybridized carbons (Fsp3) is 0.500. The maximum atomic E-state index is 11.9. The van der Waals surface area contributed by atoms with Crippen molar-refractivity contribution in [3.8, 4) is 0 Å². The Bertz CT molecular complexity index is 280. The maximum absolute atomic E-state index is 11.9. The van der Waals surface area contributed by atoms with E-state index in [-0.39, 0.29) is 18.9 Å². The summed E-state index contributed by atoms with van der Waals surface area (Å²) in [5.74, 6) is 0. The minimum Gasteiger partial charge on any atom is -0.837 e. The molecule has 0 aliphatic carbocycles. The van der Waals surface area contributed by atoms with Crippen molar-refractivity contribution < 1.29 is 24.0 Å². The van der Waals surface area contributed by atoms with Crippen LogP contribution in [0.4, 0.5) is 0 Å². The van der Waals surface area contributed by atoms with Crippen LogP contribution in [-0.4, -0.2) is 44.0 Å². The average Bonchev–Trinajstić information content (AvgIpc) is 2.26. The first-order valence-electron chi connectivity index (χ1n) is 5.17. The van der Waals surface area contributed by atoms with E-state index < -0.39 is 6.23 Å². The summed E-state index contributed by atoms with van der Waals surface area (Å²) in [6.07, 6.45) is -0.758. The van der Waals surface area contributed by atoms with Gasteiger partial charge in [0.25, 0.3) is 0 Å². The summed E-state index contributed by atoms with van der Waals surface area (Å²) in [4.78, 5) is 3.91. The minimum absolute atomic E-state index is 0. The zero-order valence-electron chi connectivity index (χ0n) is 10.7. The van der Waals surface area contributed by atoms with E-state index in [1.807, 2.05) is 56.4 Å². The third-order valence-corrected chi connectivity index (χ3v) is 2.38. The van der Waals surface area contributed by atoms with Crippen LogP contribution in [0, 0.1) is 0 Å². The van der Waals surface area contributed by atoms with Crippen LogP contribution in [0.5, 0.6) is 0 Å². The molecule has 0 saturated heterocycles. The van der Waals surface area contributed by atoms with Crippen molar-refractivity contribution in [1.82, 2.24) is 9.80 Å². The van der Waals surface area contributed by atoms with Crippen LogP contribution < -0.4 is 24.0 Å². The van der Waals surface area contributed by atoms with Gasteiger partial charge in [-0.05, 0) is 32.9 Å². The van der Waals surface area contributed by atoms with Crippen molar-refractivity contribution in [3.63, 3.8) is 0 Å². The SMILES string of the molecule is CN(C)CCN(C)C([O-])c1ccccc1.[Li+]. The van der Waals surface area contributed by atoms with Gasteiger partial charge in [0.15, 0.2) is 0 Å². The van der Waals surface area contributed by atoms with Crippen LogP contribution in [0.1, 0.15) is 11.8 Å². The molecule has 0 N–H and O–H groups in total. The standard InChI is InChI=1S/C12H19N2O.Li/c1-13(2)9-10-14(3)12(15)11-7-5-4-6-8-11;/h4-8,12H,9-10H2,1-3H3;/q-1;+1. The maximum Gasteiger partial charge on any atom is 1.00 e. The van der Waals surface area contributed by atoms with Crippen LogP contribution >= 0.6 is 0 Å². The van der Waals surface area contributed by atoms with Gasteiger partial charge in [-0.2, -0.15) is 0 Å². The first-order valence-corrected chi connectivity index (χ1v) is 5.17. The first-order chi connectivity index (χ1) is 7.11. The monoisotopic (exact) mass is 214 g/mol.